The number of fused-ring (bicyclic) bond motifs is 1. The molecule has 0 aliphatic carbocycles. The Balaban J connectivity index is 1.74. The van der Waals surface area contributed by atoms with Crippen LogP contribution in [0.15, 0.2) is 47.2 Å². The lowest BCUT2D eigenvalue weighted by Crippen LogP contribution is -2.43. The summed E-state index contributed by atoms with van der Waals surface area (Å²) in [6.07, 6.45) is 5.66. The Hall–Kier alpha value is -2.38. The highest BCUT2D eigenvalue weighted by molar-refractivity contribution is 9.10. The fraction of sp³-hybridized carbons (Fsp3) is 0.263. The van der Waals surface area contributed by atoms with Gasteiger partial charge < -0.3 is 20.9 Å². The summed E-state index contributed by atoms with van der Waals surface area (Å²) >= 11 is 3.63. The average molecular weight is 414 g/mol. The van der Waals surface area contributed by atoms with Gasteiger partial charge in [0.1, 0.15) is 5.65 Å². The molecule has 3 heterocycles. The van der Waals surface area contributed by atoms with Crippen molar-refractivity contribution in [3.8, 4) is 0 Å². The predicted octanol–water partition coefficient (Wildman–Crippen LogP) is 3.51. The van der Waals surface area contributed by atoms with Gasteiger partial charge in [0.2, 0.25) is 0 Å². The zero-order chi connectivity index (χ0) is 18.1. The van der Waals surface area contributed by atoms with Crippen LogP contribution in [0.25, 0.3) is 11.0 Å². The maximum absolute atomic E-state index is 12.6. The maximum atomic E-state index is 12.6. The first kappa shape index (κ1) is 17.1. The fourth-order valence-corrected chi connectivity index (χ4v) is 4.01. The molecule has 2 aromatic heterocycles. The van der Waals surface area contributed by atoms with Crippen LogP contribution in [0.5, 0.6) is 0 Å². The van der Waals surface area contributed by atoms with Crippen molar-refractivity contribution in [3.63, 3.8) is 0 Å². The third-order valence-electron chi connectivity index (χ3n) is 4.69. The third-order valence-corrected chi connectivity index (χ3v) is 5.27. The van der Waals surface area contributed by atoms with E-state index in [4.69, 9.17) is 5.73 Å². The zero-order valence-corrected chi connectivity index (χ0v) is 15.8. The molecule has 134 valence electrons. The monoisotopic (exact) mass is 413 g/mol. The molecule has 0 saturated carbocycles. The van der Waals surface area contributed by atoms with E-state index in [1.807, 2.05) is 18.2 Å². The third kappa shape index (κ3) is 3.20. The Morgan fingerprint density at radius 3 is 2.92 bits per heavy atom. The van der Waals surface area contributed by atoms with Gasteiger partial charge in [-0.1, -0.05) is 18.2 Å². The Morgan fingerprint density at radius 1 is 1.35 bits per heavy atom. The molecule has 6 nitrogen and oxygen atoms in total. The van der Waals surface area contributed by atoms with E-state index in [0.717, 1.165) is 52.8 Å². The number of anilines is 2. The standard InChI is InChI=1S/C19H20BrN5O/c20-14-9-22-18-16(17(14)25-8-4-7-13(21)11-25)15(10-23-18)24-19(26)12-5-2-1-3-6-12/h1-3,5-6,9-10,13H,4,7-8,11,21H2,(H,22,23)(H,24,26)/t13-/m1/s1. The van der Waals surface area contributed by atoms with E-state index < -0.39 is 0 Å². The number of nitrogens with zero attached hydrogens (tertiary/aromatic N) is 2. The van der Waals surface area contributed by atoms with Gasteiger partial charge in [-0.15, -0.1) is 0 Å². The van der Waals surface area contributed by atoms with E-state index in [2.05, 4.69) is 36.1 Å². The van der Waals surface area contributed by atoms with Crippen molar-refractivity contribution in [2.45, 2.75) is 18.9 Å². The number of H-pyrrole nitrogens is 1. The molecular formula is C19H20BrN5O. The van der Waals surface area contributed by atoms with Gasteiger partial charge in [-0.05, 0) is 40.9 Å². The van der Waals surface area contributed by atoms with Gasteiger partial charge in [0.25, 0.3) is 5.91 Å². The number of aromatic amines is 1. The van der Waals surface area contributed by atoms with Crippen LogP contribution in [0.1, 0.15) is 23.2 Å². The second-order valence-electron chi connectivity index (χ2n) is 6.55. The topological polar surface area (TPSA) is 87.0 Å². The summed E-state index contributed by atoms with van der Waals surface area (Å²) in [7, 11) is 0. The Morgan fingerprint density at radius 2 is 2.15 bits per heavy atom. The molecule has 0 unspecified atom stereocenters. The van der Waals surface area contributed by atoms with E-state index in [1.165, 1.54) is 0 Å². The molecule has 1 saturated heterocycles. The zero-order valence-electron chi connectivity index (χ0n) is 14.2. The number of aromatic nitrogens is 2. The number of halogens is 1. The predicted molar refractivity (Wildman–Crippen MR) is 108 cm³/mol. The van der Waals surface area contributed by atoms with Gasteiger partial charge in [-0.3, -0.25) is 4.79 Å². The number of benzene rings is 1. The van der Waals surface area contributed by atoms with Crippen molar-refractivity contribution in [2.24, 2.45) is 5.73 Å². The number of piperidine rings is 1. The van der Waals surface area contributed by atoms with Gasteiger partial charge >= 0.3 is 0 Å². The van der Waals surface area contributed by atoms with Gasteiger partial charge in [0.15, 0.2) is 0 Å². The van der Waals surface area contributed by atoms with Crippen LogP contribution in [-0.4, -0.2) is 35.0 Å². The number of rotatable bonds is 3. The van der Waals surface area contributed by atoms with E-state index in [9.17, 15) is 4.79 Å². The van der Waals surface area contributed by atoms with Crippen molar-refractivity contribution >= 4 is 44.2 Å². The number of carbonyl (C=O) groups is 1. The highest BCUT2D eigenvalue weighted by Gasteiger charge is 2.24. The summed E-state index contributed by atoms with van der Waals surface area (Å²) in [5.74, 6) is -0.146. The Kier molecular flexibility index (Phi) is 4.65. The van der Waals surface area contributed by atoms with Gasteiger partial charge in [0.05, 0.1) is 21.2 Å². The number of hydrogen-bond acceptors (Lipinski definition) is 4. The fourth-order valence-electron chi connectivity index (χ4n) is 3.46. The highest BCUT2D eigenvalue weighted by Crippen LogP contribution is 2.38. The van der Waals surface area contributed by atoms with Crippen molar-refractivity contribution in [1.29, 1.82) is 0 Å². The molecule has 4 N–H and O–H groups in total. The van der Waals surface area contributed by atoms with Crippen molar-refractivity contribution in [2.75, 3.05) is 23.3 Å². The summed E-state index contributed by atoms with van der Waals surface area (Å²) in [5.41, 5.74) is 9.28. The lowest BCUT2D eigenvalue weighted by Gasteiger charge is -2.33. The summed E-state index contributed by atoms with van der Waals surface area (Å²) in [4.78, 5) is 22.5. The molecule has 7 heteroatoms. The van der Waals surface area contributed by atoms with E-state index >= 15 is 0 Å². The first-order chi connectivity index (χ1) is 12.6. The molecule has 1 aliphatic heterocycles. The van der Waals surface area contributed by atoms with Crippen LogP contribution >= 0.6 is 15.9 Å². The molecule has 1 aliphatic rings. The molecule has 1 aromatic carbocycles. The van der Waals surface area contributed by atoms with Crippen LogP contribution in [0.3, 0.4) is 0 Å². The van der Waals surface area contributed by atoms with Crippen LogP contribution < -0.4 is 16.0 Å². The normalized spacial score (nSPS) is 17.5. The minimum atomic E-state index is -0.146. The van der Waals surface area contributed by atoms with Crippen molar-refractivity contribution in [3.05, 3.63) is 52.8 Å². The summed E-state index contributed by atoms with van der Waals surface area (Å²) in [5, 5.41) is 3.91. The number of nitrogens with one attached hydrogen (secondary N) is 2. The second kappa shape index (κ2) is 7.09. The average Bonchev–Trinajstić information content (AvgIpc) is 3.05. The molecule has 26 heavy (non-hydrogen) atoms. The highest BCUT2D eigenvalue weighted by atomic mass is 79.9. The number of carbonyl (C=O) groups excluding carboxylic acids is 1. The van der Waals surface area contributed by atoms with Crippen LogP contribution in [0, 0.1) is 0 Å². The minimum absolute atomic E-state index is 0.146. The summed E-state index contributed by atoms with van der Waals surface area (Å²) in [6, 6.07) is 9.33. The Labute approximate surface area is 159 Å². The molecule has 3 aromatic rings. The molecule has 1 amide bonds. The maximum Gasteiger partial charge on any atom is 0.255 e. The number of nitrogens with two attached hydrogens (primary N) is 1. The van der Waals surface area contributed by atoms with Gasteiger partial charge in [-0.25, -0.2) is 4.98 Å². The lowest BCUT2D eigenvalue weighted by molar-refractivity contribution is 0.102. The molecule has 0 spiro atoms. The molecule has 1 fully saturated rings. The van der Waals surface area contributed by atoms with E-state index in [0.29, 0.717) is 5.56 Å². The lowest BCUT2D eigenvalue weighted by atomic mass is 10.1. The number of amides is 1. The molecule has 0 bridgehead atoms. The molecule has 0 radical (unpaired) electrons. The van der Waals surface area contributed by atoms with Crippen LogP contribution in [0.4, 0.5) is 11.4 Å². The molecular weight excluding hydrogens is 394 g/mol. The SMILES string of the molecule is N[C@@H]1CCCN(c2c(Br)cnc3[nH]cc(NC(=O)c4ccccc4)c23)C1. The minimum Gasteiger partial charge on any atom is -0.368 e. The Bertz CT molecular complexity index is 940. The van der Waals surface area contributed by atoms with Crippen molar-refractivity contribution < 1.29 is 4.79 Å². The first-order valence-electron chi connectivity index (χ1n) is 8.66. The molecule has 4 rings (SSSR count). The van der Waals surface area contributed by atoms with Gasteiger partial charge in [0, 0.05) is 37.1 Å². The van der Waals surface area contributed by atoms with Crippen LogP contribution in [0.2, 0.25) is 0 Å². The first-order valence-corrected chi connectivity index (χ1v) is 9.45. The van der Waals surface area contributed by atoms with Crippen molar-refractivity contribution in [1.82, 2.24) is 9.97 Å². The second-order valence-corrected chi connectivity index (χ2v) is 7.40. The van der Waals surface area contributed by atoms with Gasteiger partial charge in [-0.2, -0.15) is 0 Å². The van der Waals surface area contributed by atoms with E-state index in [-0.39, 0.29) is 11.9 Å². The quantitative estimate of drug-likeness (QED) is 0.612. The summed E-state index contributed by atoms with van der Waals surface area (Å²) < 4.78 is 0.897. The van der Waals surface area contributed by atoms with E-state index in [1.54, 1.807) is 24.5 Å². The number of hydrogen-bond donors (Lipinski definition) is 3. The number of pyridine rings is 1. The van der Waals surface area contributed by atoms with Crippen LogP contribution in [-0.2, 0) is 0 Å². The smallest absolute Gasteiger partial charge is 0.255 e. The largest absolute Gasteiger partial charge is 0.368 e. The molecule has 1 atom stereocenters. The summed E-state index contributed by atoms with van der Waals surface area (Å²) in [6.45, 7) is 1.72.